The molecule has 1 unspecified atom stereocenters. The third kappa shape index (κ3) is 4.16. The molecule has 0 bridgehead atoms. The van der Waals surface area contributed by atoms with Gasteiger partial charge in [-0.2, -0.15) is 0 Å². The minimum atomic E-state index is -0.449. The van der Waals surface area contributed by atoms with Crippen LogP contribution in [0.4, 0.5) is 0 Å². The summed E-state index contributed by atoms with van der Waals surface area (Å²) in [5.41, 5.74) is 0.750. The molecule has 21 heavy (non-hydrogen) atoms. The predicted molar refractivity (Wildman–Crippen MR) is 87.0 cm³/mol. The number of hydrogen-bond acceptors (Lipinski definition) is 2. The number of halogens is 1. The van der Waals surface area contributed by atoms with Gasteiger partial charge >= 0.3 is 0 Å². The van der Waals surface area contributed by atoms with E-state index in [0.29, 0.717) is 6.42 Å². The second-order valence-corrected chi connectivity index (χ2v) is 7.66. The molecule has 0 radical (unpaired) electrons. The van der Waals surface area contributed by atoms with Crippen molar-refractivity contribution in [2.24, 2.45) is 5.41 Å². The molecule has 1 aliphatic rings. The van der Waals surface area contributed by atoms with E-state index in [2.05, 4.69) is 28.1 Å². The van der Waals surface area contributed by atoms with E-state index < -0.39 is 5.41 Å². The number of piperidine rings is 1. The van der Waals surface area contributed by atoms with Gasteiger partial charge in [0.25, 0.3) is 0 Å². The Kier molecular flexibility index (Phi) is 4.87. The van der Waals surface area contributed by atoms with E-state index in [4.69, 9.17) is 0 Å². The number of Topliss-reactive ketones (excluding diaryl/α,β-unsaturated/α-hetero) is 1. The normalized spacial score (nSPS) is 19.7. The average Bonchev–Trinajstić information content (AvgIpc) is 2.41. The molecule has 1 aromatic carbocycles. The van der Waals surface area contributed by atoms with Crippen molar-refractivity contribution in [3.63, 3.8) is 0 Å². The molecule has 0 aromatic heterocycles. The second kappa shape index (κ2) is 6.30. The molecule has 1 amide bonds. The summed E-state index contributed by atoms with van der Waals surface area (Å²) in [6.45, 7) is 5.98. The van der Waals surface area contributed by atoms with E-state index in [1.165, 1.54) is 5.56 Å². The molecule has 2 rings (SSSR count). The van der Waals surface area contributed by atoms with E-state index in [0.717, 1.165) is 17.3 Å². The molecule has 1 atom stereocenters. The van der Waals surface area contributed by atoms with Crippen molar-refractivity contribution in [1.82, 2.24) is 4.90 Å². The monoisotopic (exact) mass is 351 g/mol. The van der Waals surface area contributed by atoms with Gasteiger partial charge in [-0.3, -0.25) is 9.59 Å². The molecule has 4 heteroatoms. The molecule has 1 heterocycles. The van der Waals surface area contributed by atoms with Crippen LogP contribution in [0.25, 0.3) is 0 Å². The van der Waals surface area contributed by atoms with Crippen LogP contribution in [-0.4, -0.2) is 29.2 Å². The SMILES string of the molecule is CC(C)(C)C(=O)N1CC(=O)CCC1Cc1ccc(Br)cc1. The van der Waals surface area contributed by atoms with Crippen LogP contribution in [0, 0.1) is 5.41 Å². The van der Waals surface area contributed by atoms with Gasteiger partial charge < -0.3 is 4.90 Å². The molecular weight excluding hydrogens is 330 g/mol. The molecule has 0 N–H and O–H groups in total. The van der Waals surface area contributed by atoms with Crippen LogP contribution >= 0.6 is 15.9 Å². The summed E-state index contributed by atoms with van der Waals surface area (Å²) in [5.74, 6) is 0.234. The fourth-order valence-corrected chi connectivity index (χ4v) is 2.92. The molecule has 0 spiro atoms. The average molecular weight is 352 g/mol. The second-order valence-electron chi connectivity index (χ2n) is 6.74. The van der Waals surface area contributed by atoms with Gasteiger partial charge in [-0.15, -0.1) is 0 Å². The number of carbonyl (C=O) groups excluding carboxylic acids is 2. The van der Waals surface area contributed by atoms with Crippen molar-refractivity contribution in [2.45, 2.75) is 46.1 Å². The molecule has 1 aromatic rings. The van der Waals surface area contributed by atoms with Gasteiger partial charge in [-0.05, 0) is 30.5 Å². The number of nitrogens with zero attached hydrogens (tertiary/aromatic N) is 1. The third-order valence-electron chi connectivity index (χ3n) is 3.83. The van der Waals surface area contributed by atoms with Crippen LogP contribution in [0.2, 0.25) is 0 Å². The Balaban J connectivity index is 2.16. The highest BCUT2D eigenvalue weighted by molar-refractivity contribution is 9.10. The fraction of sp³-hybridized carbons (Fsp3) is 0.529. The number of amides is 1. The summed E-state index contributed by atoms with van der Waals surface area (Å²) < 4.78 is 1.05. The Morgan fingerprint density at radius 3 is 2.48 bits per heavy atom. The minimum Gasteiger partial charge on any atom is -0.332 e. The van der Waals surface area contributed by atoms with Gasteiger partial charge in [0.2, 0.25) is 5.91 Å². The summed E-state index contributed by atoms with van der Waals surface area (Å²) in [7, 11) is 0. The molecule has 0 aliphatic carbocycles. The maximum absolute atomic E-state index is 12.6. The summed E-state index contributed by atoms with van der Waals surface area (Å²) in [4.78, 5) is 26.1. The lowest BCUT2D eigenvalue weighted by Gasteiger charge is -2.38. The number of hydrogen-bond donors (Lipinski definition) is 0. The smallest absolute Gasteiger partial charge is 0.228 e. The maximum atomic E-state index is 12.6. The number of rotatable bonds is 2. The minimum absolute atomic E-state index is 0.0673. The standard InChI is InChI=1S/C17H22BrNO2/c1-17(2,3)16(21)19-11-15(20)9-8-14(19)10-12-4-6-13(18)7-5-12/h4-7,14H,8-11H2,1-3H3. The first-order valence-electron chi connectivity index (χ1n) is 7.34. The number of likely N-dealkylation sites (tertiary alicyclic amines) is 1. The highest BCUT2D eigenvalue weighted by Crippen LogP contribution is 2.26. The van der Waals surface area contributed by atoms with Crippen molar-refractivity contribution in [1.29, 1.82) is 0 Å². The Labute approximate surface area is 134 Å². The Bertz CT molecular complexity index is 531. The van der Waals surface area contributed by atoms with Gasteiger partial charge in [-0.1, -0.05) is 48.8 Å². The van der Waals surface area contributed by atoms with Gasteiger partial charge in [0.15, 0.2) is 5.78 Å². The van der Waals surface area contributed by atoms with Crippen LogP contribution < -0.4 is 0 Å². The first-order valence-corrected chi connectivity index (χ1v) is 8.14. The summed E-state index contributed by atoms with van der Waals surface area (Å²) in [5, 5.41) is 0. The van der Waals surface area contributed by atoms with Crippen LogP contribution in [0.1, 0.15) is 39.2 Å². The van der Waals surface area contributed by atoms with E-state index in [-0.39, 0.29) is 24.3 Å². The van der Waals surface area contributed by atoms with Gasteiger partial charge in [0.05, 0.1) is 6.54 Å². The predicted octanol–water partition coefficient (Wildman–Crippen LogP) is 3.60. The van der Waals surface area contributed by atoms with Crippen molar-refractivity contribution in [3.8, 4) is 0 Å². The zero-order valence-corrected chi connectivity index (χ0v) is 14.4. The summed E-state index contributed by atoms with van der Waals surface area (Å²) in [6.07, 6.45) is 2.15. The van der Waals surface area contributed by atoms with E-state index in [1.807, 2.05) is 32.9 Å². The molecule has 1 saturated heterocycles. The largest absolute Gasteiger partial charge is 0.332 e. The molecule has 1 fully saturated rings. The molecule has 1 aliphatic heterocycles. The lowest BCUT2D eigenvalue weighted by Crippen LogP contribution is -2.51. The fourth-order valence-electron chi connectivity index (χ4n) is 2.65. The van der Waals surface area contributed by atoms with Gasteiger partial charge in [0, 0.05) is 22.4 Å². The van der Waals surface area contributed by atoms with Crippen molar-refractivity contribution >= 4 is 27.6 Å². The number of benzene rings is 1. The topological polar surface area (TPSA) is 37.4 Å². The van der Waals surface area contributed by atoms with Gasteiger partial charge in [-0.25, -0.2) is 0 Å². The highest BCUT2D eigenvalue weighted by atomic mass is 79.9. The Morgan fingerprint density at radius 2 is 1.90 bits per heavy atom. The maximum Gasteiger partial charge on any atom is 0.228 e. The summed E-state index contributed by atoms with van der Waals surface area (Å²) in [6, 6.07) is 8.29. The quantitative estimate of drug-likeness (QED) is 0.816. The zero-order valence-electron chi connectivity index (χ0n) is 12.9. The summed E-state index contributed by atoms with van der Waals surface area (Å²) >= 11 is 3.43. The van der Waals surface area contributed by atoms with Crippen LogP contribution in [0.5, 0.6) is 0 Å². The molecular formula is C17H22BrNO2. The van der Waals surface area contributed by atoms with E-state index in [1.54, 1.807) is 4.90 Å². The van der Waals surface area contributed by atoms with E-state index in [9.17, 15) is 9.59 Å². The highest BCUT2D eigenvalue weighted by Gasteiger charge is 2.35. The zero-order chi connectivity index (χ0) is 15.6. The first-order chi connectivity index (χ1) is 9.77. The Hall–Kier alpha value is -1.16. The Morgan fingerprint density at radius 1 is 1.29 bits per heavy atom. The van der Waals surface area contributed by atoms with Crippen molar-refractivity contribution in [2.75, 3.05) is 6.54 Å². The number of ketones is 1. The van der Waals surface area contributed by atoms with Crippen LogP contribution in [0.15, 0.2) is 28.7 Å². The van der Waals surface area contributed by atoms with Gasteiger partial charge in [0.1, 0.15) is 0 Å². The molecule has 114 valence electrons. The third-order valence-corrected chi connectivity index (χ3v) is 4.36. The lowest BCUT2D eigenvalue weighted by molar-refractivity contribution is -0.147. The lowest BCUT2D eigenvalue weighted by atomic mass is 9.89. The van der Waals surface area contributed by atoms with Crippen LogP contribution in [-0.2, 0) is 16.0 Å². The first kappa shape index (κ1) is 16.2. The van der Waals surface area contributed by atoms with E-state index >= 15 is 0 Å². The van der Waals surface area contributed by atoms with Crippen LogP contribution in [0.3, 0.4) is 0 Å². The molecule has 0 saturated carbocycles. The van der Waals surface area contributed by atoms with Crippen molar-refractivity contribution < 1.29 is 9.59 Å². The molecule has 3 nitrogen and oxygen atoms in total. The number of carbonyl (C=O) groups is 2. The van der Waals surface area contributed by atoms with Crippen molar-refractivity contribution in [3.05, 3.63) is 34.3 Å².